The number of hydrogen-bond acceptors (Lipinski definition) is 5. The molecule has 0 radical (unpaired) electrons. The van der Waals surface area contributed by atoms with Crippen LogP contribution in [0.25, 0.3) is 11.0 Å². The Hall–Kier alpha value is -2.31. The lowest BCUT2D eigenvalue weighted by atomic mass is 9.82. The number of rotatable bonds is 7. The highest BCUT2D eigenvalue weighted by Gasteiger charge is 2.23. The van der Waals surface area contributed by atoms with E-state index in [4.69, 9.17) is 9.15 Å². The summed E-state index contributed by atoms with van der Waals surface area (Å²) < 4.78 is 34.9. The zero-order chi connectivity index (χ0) is 21.3. The Labute approximate surface area is 178 Å². The first-order valence-electron chi connectivity index (χ1n) is 10.4. The molecule has 0 aliphatic heterocycles. The van der Waals surface area contributed by atoms with Gasteiger partial charge in [0.05, 0.1) is 7.11 Å². The second-order valence-corrected chi connectivity index (χ2v) is 10.3. The van der Waals surface area contributed by atoms with E-state index >= 15 is 0 Å². The summed E-state index contributed by atoms with van der Waals surface area (Å²) in [6.45, 7) is 1.91. The number of likely N-dealkylation sites (N-methyl/N-ethyl adjacent to an activating group) is 1. The maximum atomic E-state index is 12.0. The Kier molecular flexibility index (Phi) is 5.89. The van der Waals surface area contributed by atoms with Gasteiger partial charge in [0, 0.05) is 24.7 Å². The first kappa shape index (κ1) is 20.9. The van der Waals surface area contributed by atoms with Crippen LogP contribution in [-0.4, -0.2) is 46.8 Å². The highest BCUT2D eigenvalue weighted by Crippen LogP contribution is 2.37. The van der Waals surface area contributed by atoms with E-state index < -0.39 is 9.84 Å². The van der Waals surface area contributed by atoms with Crippen LogP contribution in [0, 0.1) is 0 Å². The van der Waals surface area contributed by atoms with Crippen molar-refractivity contribution < 1.29 is 17.6 Å². The molecule has 1 aromatic heterocycles. The van der Waals surface area contributed by atoms with Gasteiger partial charge in [-0.3, -0.25) is 0 Å². The summed E-state index contributed by atoms with van der Waals surface area (Å²) >= 11 is 0. The fourth-order valence-corrected chi connectivity index (χ4v) is 5.36. The van der Waals surface area contributed by atoms with Gasteiger partial charge in [-0.25, -0.2) is 8.42 Å². The normalized spacial score (nSPS) is 16.7. The van der Waals surface area contributed by atoms with Crippen molar-refractivity contribution >= 4 is 20.8 Å². The SMILES string of the molecule is COc1cccc2c1CCCC2CN(C)CCc1ccc2occ(S(C)(=O)=O)c2c1. The van der Waals surface area contributed by atoms with Gasteiger partial charge in [0.15, 0.2) is 9.84 Å². The monoisotopic (exact) mass is 427 g/mol. The van der Waals surface area contributed by atoms with Crippen LogP contribution in [0.4, 0.5) is 0 Å². The molecule has 1 heterocycles. The Morgan fingerprint density at radius 3 is 2.83 bits per heavy atom. The summed E-state index contributed by atoms with van der Waals surface area (Å²) in [5, 5.41) is 0.672. The van der Waals surface area contributed by atoms with Crippen LogP contribution in [0.1, 0.15) is 35.4 Å². The smallest absolute Gasteiger partial charge is 0.179 e. The van der Waals surface area contributed by atoms with Crippen LogP contribution in [-0.2, 0) is 22.7 Å². The zero-order valence-corrected chi connectivity index (χ0v) is 18.7. The van der Waals surface area contributed by atoms with Crippen molar-refractivity contribution in [3.63, 3.8) is 0 Å². The van der Waals surface area contributed by atoms with Crippen molar-refractivity contribution in [1.82, 2.24) is 4.90 Å². The third kappa shape index (κ3) is 4.25. The van der Waals surface area contributed by atoms with Gasteiger partial charge in [-0.15, -0.1) is 0 Å². The van der Waals surface area contributed by atoms with Crippen molar-refractivity contribution in [3.8, 4) is 5.75 Å². The van der Waals surface area contributed by atoms with E-state index in [1.165, 1.54) is 36.5 Å². The van der Waals surface area contributed by atoms with E-state index in [-0.39, 0.29) is 4.90 Å². The third-order valence-electron chi connectivity index (χ3n) is 6.12. The maximum absolute atomic E-state index is 12.0. The van der Waals surface area contributed by atoms with Crippen LogP contribution in [0.3, 0.4) is 0 Å². The van der Waals surface area contributed by atoms with Crippen molar-refractivity contribution in [1.29, 1.82) is 0 Å². The average Bonchev–Trinajstić information content (AvgIpc) is 3.16. The molecule has 1 aliphatic carbocycles. The van der Waals surface area contributed by atoms with Gasteiger partial charge in [0.1, 0.15) is 22.5 Å². The third-order valence-corrected chi connectivity index (χ3v) is 7.24. The van der Waals surface area contributed by atoms with Gasteiger partial charge in [-0.1, -0.05) is 18.2 Å². The average molecular weight is 428 g/mol. The molecule has 30 heavy (non-hydrogen) atoms. The number of sulfone groups is 1. The molecule has 0 N–H and O–H groups in total. The topological polar surface area (TPSA) is 59.8 Å². The van der Waals surface area contributed by atoms with Crippen LogP contribution >= 0.6 is 0 Å². The lowest BCUT2D eigenvalue weighted by molar-refractivity contribution is 0.299. The molecule has 0 spiro atoms. The summed E-state index contributed by atoms with van der Waals surface area (Å²) in [6, 6.07) is 12.2. The predicted octanol–water partition coefficient (Wildman–Crippen LogP) is 4.44. The Balaban J connectivity index is 1.44. The molecular weight excluding hydrogens is 398 g/mol. The molecule has 6 heteroatoms. The first-order valence-corrected chi connectivity index (χ1v) is 12.3. The summed E-state index contributed by atoms with van der Waals surface area (Å²) in [4.78, 5) is 2.64. The minimum atomic E-state index is -3.30. The Morgan fingerprint density at radius 2 is 2.07 bits per heavy atom. The highest BCUT2D eigenvalue weighted by molar-refractivity contribution is 7.91. The zero-order valence-electron chi connectivity index (χ0n) is 17.8. The molecule has 0 fully saturated rings. The van der Waals surface area contributed by atoms with Crippen LogP contribution in [0.5, 0.6) is 5.75 Å². The van der Waals surface area contributed by atoms with E-state index in [1.54, 1.807) is 7.11 Å². The van der Waals surface area contributed by atoms with Gasteiger partial charge in [0.25, 0.3) is 0 Å². The number of fused-ring (bicyclic) bond motifs is 2. The summed E-state index contributed by atoms with van der Waals surface area (Å²) in [6.07, 6.45) is 6.89. The van der Waals surface area contributed by atoms with Crippen LogP contribution in [0.15, 0.2) is 52.0 Å². The Bertz CT molecular complexity index is 1150. The van der Waals surface area contributed by atoms with E-state index in [1.807, 2.05) is 18.2 Å². The van der Waals surface area contributed by atoms with Crippen LogP contribution < -0.4 is 4.74 Å². The van der Waals surface area contributed by atoms with Crippen molar-refractivity contribution in [3.05, 3.63) is 59.4 Å². The molecule has 1 aliphatic rings. The molecule has 4 rings (SSSR count). The molecule has 160 valence electrons. The number of methoxy groups -OCH3 is 1. The van der Waals surface area contributed by atoms with Crippen molar-refractivity contribution in [2.24, 2.45) is 0 Å². The Morgan fingerprint density at radius 1 is 1.23 bits per heavy atom. The fraction of sp³-hybridized carbons (Fsp3) is 0.417. The van der Waals surface area contributed by atoms with E-state index in [0.717, 1.165) is 37.2 Å². The first-order chi connectivity index (χ1) is 14.4. The van der Waals surface area contributed by atoms with Gasteiger partial charge in [-0.05, 0) is 73.5 Å². The van der Waals surface area contributed by atoms with E-state index in [9.17, 15) is 8.42 Å². The number of ether oxygens (including phenoxy) is 1. The number of furan rings is 1. The van der Waals surface area contributed by atoms with Crippen molar-refractivity contribution in [2.45, 2.75) is 36.5 Å². The molecule has 1 unspecified atom stereocenters. The molecule has 1 atom stereocenters. The number of nitrogens with zero attached hydrogens (tertiary/aromatic N) is 1. The number of benzene rings is 2. The minimum Gasteiger partial charge on any atom is -0.496 e. The van der Waals surface area contributed by atoms with Gasteiger partial charge in [0.2, 0.25) is 0 Å². The highest BCUT2D eigenvalue weighted by atomic mass is 32.2. The minimum absolute atomic E-state index is 0.264. The second kappa shape index (κ2) is 8.44. The van der Waals surface area contributed by atoms with Gasteiger partial charge < -0.3 is 14.1 Å². The quantitative estimate of drug-likeness (QED) is 0.558. The molecule has 5 nitrogen and oxygen atoms in total. The van der Waals surface area contributed by atoms with Crippen molar-refractivity contribution in [2.75, 3.05) is 33.5 Å². The van der Waals surface area contributed by atoms with Crippen LogP contribution in [0.2, 0.25) is 0 Å². The van der Waals surface area contributed by atoms with E-state index in [0.29, 0.717) is 16.9 Å². The standard InChI is InChI=1S/C24H29NO4S/c1-25(15-18-6-4-8-20-19(18)7-5-9-22(20)28-2)13-12-17-10-11-23-21(14-17)24(16-29-23)30(3,26)27/h5,7,9-11,14,16,18H,4,6,8,12-13,15H2,1-3H3. The lowest BCUT2D eigenvalue weighted by Crippen LogP contribution is -2.28. The van der Waals surface area contributed by atoms with Gasteiger partial charge in [-0.2, -0.15) is 0 Å². The fourth-order valence-electron chi connectivity index (χ4n) is 4.58. The van der Waals surface area contributed by atoms with Gasteiger partial charge >= 0.3 is 0 Å². The maximum Gasteiger partial charge on any atom is 0.179 e. The molecule has 0 saturated heterocycles. The lowest BCUT2D eigenvalue weighted by Gasteiger charge is -2.30. The molecule has 3 aromatic rings. The molecular formula is C24H29NO4S. The largest absolute Gasteiger partial charge is 0.496 e. The molecule has 0 amide bonds. The molecule has 2 aromatic carbocycles. The second-order valence-electron chi connectivity index (χ2n) is 8.33. The predicted molar refractivity (Wildman–Crippen MR) is 119 cm³/mol. The summed E-state index contributed by atoms with van der Waals surface area (Å²) in [7, 11) is 0.605. The van der Waals surface area contributed by atoms with E-state index in [2.05, 4.69) is 30.1 Å². The molecule has 0 bridgehead atoms. The number of hydrogen-bond donors (Lipinski definition) is 0. The summed E-state index contributed by atoms with van der Waals surface area (Å²) in [5.74, 6) is 1.52. The molecule has 0 saturated carbocycles. The summed E-state index contributed by atoms with van der Waals surface area (Å²) in [5.41, 5.74) is 4.51.